The molecule has 0 saturated carbocycles. The van der Waals surface area contributed by atoms with Gasteiger partial charge in [-0.15, -0.1) is 12.4 Å². The maximum atomic E-state index is 2.23. The van der Waals surface area contributed by atoms with Gasteiger partial charge < -0.3 is 29.6 Å². The molecular weight excluding hydrogens is 493 g/mol. The van der Waals surface area contributed by atoms with Gasteiger partial charge in [0.15, 0.2) is 0 Å². The molecule has 0 heterocycles. The van der Waals surface area contributed by atoms with Crippen molar-refractivity contribution in [2.75, 3.05) is 0 Å². The van der Waals surface area contributed by atoms with Gasteiger partial charge in [-0.25, -0.2) is 20.1 Å². The summed E-state index contributed by atoms with van der Waals surface area (Å²) in [4.78, 5) is 0. The first-order chi connectivity index (χ1) is 11.4. The predicted molar refractivity (Wildman–Crippen MR) is 110 cm³/mol. The Kier molecular flexibility index (Phi) is 13.6. The number of hydrogen-bond donors (Lipinski definition) is 0. The van der Waals surface area contributed by atoms with Gasteiger partial charge >= 0.3 is 0 Å². The van der Waals surface area contributed by atoms with Crippen LogP contribution in [0.4, 0.5) is 0 Å². The van der Waals surface area contributed by atoms with Crippen molar-refractivity contribution in [3.05, 3.63) is 115 Å². The molecule has 0 unspecified atom stereocenters. The fourth-order valence-corrected chi connectivity index (χ4v) is 4.74. The Morgan fingerprint density at radius 3 is 1.42 bits per heavy atom. The van der Waals surface area contributed by atoms with Crippen molar-refractivity contribution < 1.29 is 37.5 Å². The molecule has 0 fully saturated rings. The Morgan fingerprint density at radius 1 is 0.654 bits per heavy atom. The van der Waals surface area contributed by atoms with Crippen molar-refractivity contribution in [1.82, 2.24) is 0 Å². The van der Waals surface area contributed by atoms with E-state index < -0.39 is 7.92 Å². The molecule has 0 nitrogen and oxygen atoms in total. The average Bonchev–Trinajstić information content (AvgIpc) is 3.34. The third kappa shape index (κ3) is 7.34. The summed E-state index contributed by atoms with van der Waals surface area (Å²) in [5.74, 6) is 0. The van der Waals surface area contributed by atoms with E-state index in [0.29, 0.717) is 0 Å². The average molecular weight is 513 g/mol. The molecule has 0 aromatic heterocycles. The maximum Gasteiger partial charge on any atom is 0 e. The SMILES string of the molecule is Cl.[Fe].[Pd].c1cc[cH-]c1.c1ccc(P(c2ccccc2)[c-]2[cH-][cH-][cH-][cH-]2)cc1. The summed E-state index contributed by atoms with van der Waals surface area (Å²) < 4.78 is 0. The van der Waals surface area contributed by atoms with Gasteiger partial charge in [-0.05, 0) is 0 Å². The predicted octanol–water partition coefficient (Wildman–Crippen LogP) is 4.99. The molecule has 0 saturated heterocycles. The van der Waals surface area contributed by atoms with Gasteiger partial charge in [-0.1, -0.05) is 71.3 Å². The monoisotopic (exact) mass is 512 g/mol. The van der Waals surface area contributed by atoms with Gasteiger partial charge in [0.1, 0.15) is 0 Å². The van der Waals surface area contributed by atoms with Gasteiger partial charge in [-0.3, -0.25) is 0 Å². The molecule has 144 valence electrons. The molecule has 0 spiro atoms. The van der Waals surface area contributed by atoms with E-state index in [-0.39, 0.29) is 49.9 Å². The maximum absolute atomic E-state index is 2.23. The molecule has 0 N–H and O–H groups in total. The Bertz CT molecular complexity index is 715. The van der Waals surface area contributed by atoms with Gasteiger partial charge in [-0.2, -0.15) is 18.2 Å². The van der Waals surface area contributed by atoms with Crippen LogP contribution in [0.2, 0.25) is 0 Å². The minimum atomic E-state index is -0.409. The van der Waals surface area contributed by atoms with E-state index in [2.05, 4.69) is 84.9 Å². The second-order valence-corrected chi connectivity index (χ2v) is 7.33. The summed E-state index contributed by atoms with van der Waals surface area (Å²) in [6, 6.07) is 40.2. The smallest absolute Gasteiger partial charge is 0 e. The van der Waals surface area contributed by atoms with E-state index in [4.69, 9.17) is 0 Å². The van der Waals surface area contributed by atoms with E-state index in [9.17, 15) is 0 Å². The second kappa shape index (κ2) is 14.1. The molecule has 0 aliphatic heterocycles. The van der Waals surface area contributed by atoms with Gasteiger partial charge in [0.25, 0.3) is 0 Å². The number of benzene rings is 2. The van der Waals surface area contributed by atoms with Gasteiger partial charge in [0, 0.05) is 37.5 Å². The van der Waals surface area contributed by atoms with Crippen LogP contribution in [0.15, 0.2) is 115 Å². The molecule has 26 heavy (non-hydrogen) atoms. The normalized spacial score (nSPS) is 8.96. The Hall–Kier alpha value is -0.958. The Labute approximate surface area is 188 Å². The molecule has 4 rings (SSSR count). The van der Waals surface area contributed by atoms with Crippen LogP contribution in [0.3, 0.4) is 0 Å². The van der Waals surface area contributed by atoms with Crippen molar-refractivity contribution in [2.24, 2.45) is 0 Å². The second-order valence-electron chi connectivity index (χ2n) is 5.11. The molecule has 0 amide bonds. The minimum absolute atomic E-state index is 0. The van der Waals surface area contributed by atoms with Crippen LogP contribution in [-0.4, -0.2) is 0 Å². The first kappa shape index (κ1) is 25.0. The zero-order valence-corrected chi connectivity index (χ0v) is 18.4. The van der Waals surface area contributed by atoms with E-state index in [1.807, 2.05) is 30.3 Å². The van der Waals surface area contributed by atoms with E-state index >= 15 is 0 Å². The molecule has 4 aromatic carbocycles. The minimum Gasteiger partial charge on any atom is -0.747 e. The van der Waals surface area contributed by atoms with Crippen molar-refractivity contribution in [1.29, 1.82) is 0 Å². The molecular formula is C22H20ClFePPd-6. The molecule has 4 heteroatoms. The third-order valence-electron chi connectivity index (χ3n) is 3.49. The Balaban J connectivity index is 0.000000685. The van der Waals surface area contributed by atoms with Crippen molar-refractivity contribution in [3.63, 3.8) is 0 Å². The van der Waals surface area contributed by atoms with Crippen LogP contribution in [0.1, 0.15) is 0 Å². The number of halogens is 1. The van der Waals surface area contributed by atoms with Crippen LogP contribution < -0.4 is 15.9 Å². The molecule has 0 radical (unpaired) electrons. The van der Waals surface area contributed by atoms with Crippen molar-refractivity contribution in [3.8, 4) is 0 Å². The summed E-state index contributed by atoms with van der Waals surface area (Å²) in [5.41, 5.74) is 0. The number of rotatable bonds is 3. The zero-order valence-electron chi connectivity index (χ0n) is 14.0. The topological polar surface area (TPSA) is 0 Å². The van der Waals surface area contributed by atoms with Crippen LogP contribution in [-0.2, 0) is 37.5 Å². The standard InChI is InChI=1S/C17H14P.C5H5.ClH.Fe.Pd/c1-3-9-15(10-4-1)18(17-13-7-8-14-17)16-11-5-2-6-12-16;1-2-4-5-3-1;;;/h1-14H;1-5H;1H;;/q-5;-1;;;. The molecule has 0 atom stereocenters. The number of hydrogen-bond acceptors (Lipinski definition) is 0. The zero-order chi connectivity index (χ0) is 15.7. The largest absolute Gasteiger partial charge is 0.747 e. The third-order valence-corrected chi connectivity index (χ3v) is 5.93. The van der Waals surface area contributed by atoms with Gasteiger partial charge in [0.05, 0.1) is 0 Å². The van der Waals surface area contributed by atoms with E-state index in [0.717, 1.165) is 0 Å². The van der Waals surface area contributed by atoms with Crippen molar-refractivity contribution in [2.45, 2.75) is 0 Å². The quantitative estimate of drug-likeness (QED) is 0.206. The summed E-state index contributed by atoms with van der Waals surface area (Å²) in [6.45, 7) is 0. The summed E-state index contributed by atoms with van der Waals surface area (Å²) in [7, 11) is -0.409. The first-order valence-electron chi connectivity index (χ1n) is 7.74. The van der Waals surface area contributed by atoms with Crippen LogP contribution in [0.5, 0.6) is 0 Å². The van der Waals surface area contributed by atoms with E-state index in [1.165, 1.54) is 15.9 Å². The summed E-state index contributed by atoms with van der Waals surface area (Å²) >= 11 is 0. The van der Waals surface area contributed by atoms with E-state index in [1.54, 1.807) is 0 Å². The molecule has 0 aliphatic carbocycles. The molecule has 0 aliphatic rings. The summed E-state index contributed by atoms with van der Waals surface area (Å²) in [5, 5.41) is 4.23. The molecule has 4 aromatic rings. The fraction of sp³-hybridized carbons (Fsp3) is 0. The van der Waals surface area contributed by atoms with Crippen LogP contribution >= 0.6 is 20.3 Å². The first-order valence-corrected chi connectivity index (χ1v) is 9.08. The van der Waals surface area contributed by atoms with Crippen LogP contribution in [0.25, 0.3) is 0 Å². The Morgan fingerprint density at radius 2 is 1.08 bits per heavy atom. The van der Waals surface area contributed by atoms with Crippen molar-refractivity contribution >= 4 is 36.2 Å². The van der Waals surface area contributed by atoms with Gasteiger partial charge in [0.2, 0.25) is 0 Å². The summed E-state index contributed by atoms with van der Waals surface area (Å²) in [6.07, 6.45) is 0. The fourth-order valence-electron chi connectivity index (χ4n) is 2.44. The van der Waals surface area contributed by atoms with Crippen LogP contribution in [0, 0.1) is 0 Å². The molecule has 0 bridgehead atoms.